The van der Waals surface area contributed by atoms with E-state index in [1.807, 2.05) is 12.1 Å². The highest BCUT2D eigenvalue weighted by Gasteiger charge is 2.39. The Labute approximate surface area is 145 Å². The number of aliphatic hydroxyl groups is 1. The average molecular weight is 334 g/mol. The van der Waals surface area contributed by atoms with E-state index in [1.54, 1.807) is 55.6 Å². The zero-order valence-corrected chi connectivity index (χ0v) is 13.7. The van der Waals surface area contributed by atoms with Crippen molar-refractivity contribution in [2.24, 2.45) is 7.05 Å². The van der Waals surface area contributed by atoms with Crippen LogP contribution in [-0.2, 0) is 17.4 Å². The van der Waals surface area contributed by atoms with E-state index in [1.165, 1.54) is 22.9 Å². The number of anilines is 1. The lowest BCUT2D eigenvalue weighted by Crippen LogP contribution is -2.41. The fraction of sp³-hybridized carbons (Fsp3) is 0.100. The van der Waals surface area contributed by atoms with Crippen LogP contribution < -0.4 is 10.9 Å². The predicted molar refractivity (Wildman–Crippen MR) is 96.2 cm³/mol. The Balaban J connectivity index is 2.04. The molecular formula is C20H18N2O3. The minimum absolute atomic E-state index is 0.181. The van der Waals surface area contributed by atoms with Crippen LogP contribution in [0.1, 0.15) is 11.1 Å². The summed E-state index contributed by atoms with van der Waals surface area (Å²) in [6.07, 6.45) is 1.51. The van der Waals surface area contributed by atoms with Gasteiger partial charge in [-0.2, -0.15) is 0 Å². The minimum atomic E-state index is -1.85. The standard InChI is InChI=1S/C20H18N2O3/c1-22-14-17(12-13-18(22)23)21-19(24)20(25,15-8-4-2-5-9-15)16-10-6-3-7-11-16/h2-14,25H,1H3,(H,21,24). The Morgan fingerprint density at radius 1 is 0.920 bits per heavy atom. The molecule has 0 radical (unpaired) electrons. The largest absolute Gasteiger partial charge is 0.372 e. The number of nitrogens with zero attached hydrogens (tertiary/aromatic N) is 1. The van der Waals surface area contributed by atoms with Crippen molar-refractivity contribution in [3.05, 3.63) is 100 Å². The number of hydrogen-bond acceptors (Lipinski definition) is 3. The smallest absolute Gasteiger partial charge is 0.265 e. The zero-order chi connectivity index (χ0) is 17.9. The Hall–Kier alpha value is -3.18. The molecule has 0 aliphatic carbocycles. The molecule has 5 heteroatoms. The third kappa shape index (κ3) is 3.22. The summed E-state index contributed by atoms with van der Waals surface area (Å²) in [5, 5.41) is 14.0. The average Bonchev–Trinajstić information content (AvgIpc) is 2.65. The second kappa shape index (κ2) is 6.75. The molecule has 0 aliphatic rings. The van der Waals surface area contributed by atoms with E-state index in [-0.39, 0.29) is 5.56 Å². The Morgan fingerprint density at radius 3 is 1.92 bits per heavy atom. The van der Waals surface area contributed by atoms with Crippen molar-refractivity contribution in [3.8, 4) is 0 Å². The number of nitrogens with one attached hydrogen (secondary N) is 1. The quantitative estimate of drug-likeness (QED) is 0.769. The Bertz CT molecular complexity index is 894. The summed E-state index contributed by atoms with van der Waals surface area (Å²) in [5.74, 6) is -0.594. The fourth-order valence-electron chi connectivity index (χ4n) is 2.68. The van der Waals surface area contributed by atoms with Crippen LogP contribution in [-0.4, -0.2) is 15.6 Å². The first-order chi connectivity index (χ1) is 12.0. The molecule has 3 rings (SSSR count). The number of hydrogen-bond donors (Lipinski definition) is 2. The first-order valence-electron chi connectivity index (χ1n) is 7.83. The molecule has 2 aromatic carbocycles. The first-order valence-corrected chi connectivity index (χ1v) is 7.83. The molecule has 1 heterocycles. The molecule has 1 amide bonds. The molecule has 0 spiro atoms. The summed E-state index contributed by atoms with van der Waals surface area (Å²) in [4.78, 5) is 24.5. The second-order valence-corrected chi connectivity index (χ2v) is 5.76. The second-order valence-electron chi connectivity index (χ2n) is 5.76. The van der Waals surface area contributed by atoms with Crippen LogP contribution in [0.5, 0.6) is 0 Å². The summed E-state index contributed by atoms with van der Waals surface area (Å²) in [5.41, 5.74) is -0.680. The van der Waals surface area contributed by atoms with Gasteiger partial charge in [0, 0.05) is 19.3 Å². The highest BCUT2D eigenvalue weighted by molar-refractivity contribution is 6.00. The Morgan fingerprint density at radius 2 is 1.44 bits per heavy atom. The number of aryl methyl sites for hydroxylation is 1. The van der Waals surface area contributed by atoms with Crippen molar-refractivity contribution in [1.82, 2.24) is 4.57 Å². The van der Waals surface area contributed by atoms with Gasteiger partial charge in [0.25, 0.3) is 5.91 Å². The van der Waals surface area contributed by atoms with E-state index in [0.29, 0.717) is 16.8 Å². The van der Waals surface area contributed by atoms with Crippen molar-refractivity contribution in [2.45, 2.75) is 5.60 Å². The van der Waals surface area contributed by atoms with Gasteiger partial charge in [0.05, 0.1) is 5.69 Å². The highest BCUT2D eigenvalue weighted by atomic mass is 16.3. The SMILES string of the molecule is Cn1cc(NC(=O)C(O)(c2ccccc2)c2ccccc2)ccc1=O. The van der Waals surface area contributed by atoms with Gasteiger partial charge in [-0.1, -0.05) is 60.7 Å². The van der Waals surface area contributed by atoms with Gasteiger partial charge in [-0.3, -0.25) is 9.59 Å². The molecule has 1 aromatic heterocycles. The zero-order valence-electron chi connectivity index (χ0n) is 13.7. The number of pyridine rings is 1. The molecule has 0 saturated carbocycles. The number of rotatable bonds is 4. The lowest BCUT2D eigenvalue weighted by Gasteiger charge is -2.28. The van der Waals surface area contributed by atoms with Gasteiger partial charge in [0.2, 0.25) is 5.56 Å². The number of benzene rings is 2. The van der Waals surface area contributed by atoms with Gasteiger partial charge in [0.15, 0.2) is 5.60 Å². The molecule has 5 nitrogen and oxygen atoms in total. The van der Waals surface area contributed by atoms with Crippen LogP contribution in [0.4, 0.5) is 5.69 Å². The normalized spacial score (nSPS) is 11.1. The van der Waals surface area contributed by atoms with Crippen LogP contribution >= 0.6 is 0 Å². The lowest BCUT2D eigenvalue weighted by molar-refractivity contribution is -0.131. The molecule has 0 atom stereocenters. The maximum absolute atomic E-state index is 13.0. The third-order valence-corrected chi connectivity index (χ3v) is 4.06. The summed E-state index contributed by atoms with van der Waals surface area (Å²) < 4.78 is 1.36. The van der Waals surface area contributed by atoms with E-state index in [4.69, 9.17) is 0 Å². The summed E-state index contributed by atoms with van der Waals surface area (Å²) in [7, 11) is 1.60. The molecule has 0 bridgehead atoms. The maximum atomic E-state index is 13.0. The topological polar surface area (TPSA) is 71.3 Å². The van der Waals surface area contributed by atoms with Crippen molar-refractivity contribution in [3.63, 3.8) is 0 Å². The van der Waals surface area contributed by atoms with E-state index in [9.17, 15) is 14.7 Å². The predicted octanol–water partition coefficient (Wildman–Crippen LogP) is 2.26. The van der Waals surface area contributed by atoms with Gasteiger partial charge in [-0.15, -0.1) is 0 Å². The van der Waals surface area contributed by atoms with Crippen LogP contribution in [0.25, 0.3) is 0 Å². The van der Waals surface area contributed by atoms with Crippen LogP contribution in [0.3, 0.4) is 0 Å². The van der Waals surface area contributed by atoms with Crippen molar-refractivity contribution in [2.75, 3.05) is 5.32 Å². The van der Waals surface area contributed by atoms with Crippen LogP contribution in [0.2, 0.25) is 0 Å². The molecule has 0 aliphatic heterocycles. The minimum Gasteiger partial charge on any atom is -0.372 e. The number of aromatic nitrogens is 1. The van der Waals surface area contributed by atoms with E-state index in [2.05, 4.69) is 5.32 Å². The number of amides is 1. The Kier molecular flexibility index (Phi) is 4.50. The molecule has 0 unspecified atom stereocenters. The first kappa shape index (κ1) is 16.7. The van der Waals surface area contributed by atoms with E-state index < -0.39 is 11.5 Å². The molecule has 0 fully saturated rings. The summed E-state index contributed by atoms with van der Waals surface area (Å²) in [6, 6.07) is 20.4. The van der Waals surface area contributed by atoms with Crippen LogP contribution in [0, 0.1) is 0 Å². The van der Waals surface area contributed by atoms with Crippen molar-refractivity contribution >= 4 is 11.6 Å². The fourth-order valence-corrected chi connectivity index (χ4v) is 2.68. The van der Waals surface area contributed by atoms with Gasteiger partial charge in [0.1, 0.15) is 0 Å². The summed E-state index contributed by atoms with van der Waals surface area (Å²) in [6.45, 7) is 0. The molecule has 3 aromatic rings. The number of carbonyl (C=O) groups excluding carboxylic acids is 1. The van der Waals surface area contributed by atoms with E-state index in [0.717, 1.165) is 0 Å². The molecule has 126 valence electrons. The third-order valence-electron chi connectivity index (χ3n) is 4.06. The van der Waals surface area contributed by atoms with Crippen molar-refractivity contribution in [1.29, 1.82) is 0 Å². The van der Waals surface area contributed by atoms with Gasteiger partial charge < -0.3 is 15.0 Å². The molecule has 2 N–H and O–H groups in total. The van der Waals surface area contributed by atoms with Crippen molar-refractivity contribution < 1.29 is 9.90 Å². The monoisotopic (exact) mass is 334 g/mol. The molecule has 0 saturated heterocycles. The van der Waals surface area contributed by atoms with Crippen LogP contribution in [0.15, 0.2) is 83.8 Å². The highest BCUT2D eigenvalue weighted by Crippen LogP contribution is 2.31. The van der Waals surface area contributed by atoms with Gasteiger partial charge in [-0.05, 0) is 17.2 Å². The maximum Gasteiger partial charge on any atom is 0.265 e. The molecular weight excluding hydrogens is 316 g/mol. The van der Waals surface area contributed by atoms with Gasteiger partial charge in [-0.25, -0.2) is 0 Å². The molecule has 25 heavy (non-hydrogen) atoms. The van der Waals surface area contributed by atoms with Gasteiger partial charge >= 0.3 is 0 Å². The summed E-state index contributed by atoms with van der Waals surface area (Å²) >= 11 is 0. The lowest BCUT2D eigenvalue weighted by atomic mass is 9.85. The number of carbonyl (C=O) groups is 1. The van der Waals surface area contributed by atoms with E-state index >= 15 is 0 Å².